The molecule has 0 bridgehead atoms. The molecule has 1 aromatic carbocycles. The Morgan fingerprint density at radius 2 is 2.26 bits per heavy atom. The van der Waals surface area contributed by atoms with Crippen molar-refractivity contribution < 1.29 is 0 Å². The summed E-state index contributed by atoms with van der Waals surface area (Å²) < 4.78 is 1.05. The average Bonchev–Trinajstić information content (AvgIpc) is 2.81. The van der Waals surface area contributed by atoms with Crippen molar-refractivity contribution >= 4 is 27.5 Å². The number of likely N-dealkylation sites (tertiary alicyclic amines) is 1. The number of piperidine rings is 1. The molecule has 2 saturated heterocycles. The number of hydrogen-bond donors (Lipinski definition) is 1. The lowest BCUT2D eigenvalue weighted by molar-refractivity contribution is 0.251. The van der Waals surface area contributed by atoms with E-state index in [0.29, 0.717) is 12.1 Å². The Morgan fingerprint density at radius 3 is 3.00 bits per heavy atom. The van der Waals surface area contributed by atoms with Crippen LogP contribution in [0.25, 0.3) is 0 Å². The molecule has 3 rings (SSSR count). The Balaban J connectivity index is 1.75. The van der Waals surface area contributed by atoms with Crippen LogP contribution in [-0.4, -0.2) is 30.6 Å². The highest BCUT2D eigenvalue weighted by Crippen LogP contribution is 2.34. The van der Waals surface area contributed by atoms with Crippen LogP contribution < -0.4 is 5.32 Å². The minimum absolute atomic E-state index is 0.396. The van der Waals surface area contributed by atoms with Crippen molar-refractivity contribution in [1.82, 2.24) is 10.2 Å². The first kappa shape index (κ1) is 13.9. The van der Waals surface area contributed by atoms with Gasteiger partial charge in [-0.2, -0.15) is 0 Å². The zero-order valence-electron chi connectivity index (χ0n) is 11.2. The van der Waals surface area contributed by atoms with E-state index in [1.165, 1.54) is 31.5 Å². The molecule has 0 radical (unpaired) electrons. The van der Waals surface area contributed by atoms with Crippen LogP contribution in [0, 0.1) is 5.92 Å². The molecular formula is C15H20BrClN2. The molecule has 0 saturated carbocycles. The first-order valence-electron chi connectivity index (χ1n) is 7.07. The summed E-state index contributed by atoms with van der Waals surface area (Å²) >= 11 is 9.85. The van der Waals surface area contributed by atoms with Crippen molar-refractivity contribution in [2.45, 2.75) is 31.8 Å². The van der Waals surface area contributed by atoms with Gasteiger partial charge in [-0.15, -0.1) is 0 Å². The molecule has 1 N–H and O–H groups in total. The summed E-state index contributed by atoms with van der Waals surface area (Å²) in [5.41, 5.74) is 1.24. The number of benzene rings is 1. The molecule has 0 spiro atoms. The van der Waals surface area contributed by atoms with Gasteiger partial charge in [-0.25, -0.2) is 0 Å². The largest absolute Gasteiger partial charge is 0.312 e. The lowest BCUT2D eigenvalue weighted by atomic mass is 9.94. The summed E-state index contributed by atoms with van der Waals surface area (Å²) in [6, 6.07) is 7.30. The number of hydrogen-bond acceptors (Lipinski definition) is 2. The maximum absolute atomic E-state index is 6.38. The van der Waals surface area contributed by atoms with Crippen LogP contribution in [0.5, 0.6) is 0 Å². The van der Waals surface area contributed by atoms with E-state index in [1.54, 1.807) is 0 Å². The number of nitrogens with zero attached hydrogens (tertiary/aromatic N) is 1. The summed E-state index contributed by atoms with van der Waals surface area (Å²) in [5, 5.41) is 4.52. The van der Waals surface area contributed by atoms with Gasteiger partial charge >= 0.3 is 0 Å². The number of rotatable bonds is 2. The SMILES string of the molecule is CC(c1ccc(Br)cc1Cl)N1C[C@@H]2CCCN[C@@H]2C1. The van der Waals surface area contributed by atoms with E-state index in [-0.39, 0.29) is 0 Å². The monoisotopic (exact) mass is 342 g/mol. The predicted molar refractivity (Wildman–Crippen MR) is 83.7 cm³/mol. The Bertz CT molecular complexity index is 451. The van der Waals surface area contributed by atoms with E-state index < -0.39 is 0 Å². The smallest absolute Gasteiger partial charge is 0.0464 e. The first-order valence-corrected chi connectivity index (χ1v) is 8.24. The Hall–Kier alpha value is -0.0900. The molecule has 1 aromatic rings. The third-order valence-corrected chi connectivity index (χ3v) is 5.41. The van der Waals surface area contributed by atoms with Gasteiger partial charge in [0, 0.05) is 34.7 Å². The highest BCUT2D eigenvalue weighted by atomic mass is 79.9. The molecule has 104 valence electrons. The van der Waals surface area contributed by atoms with Gasteiger partial charge in [-0.1, -0.05) is 33.6 Å². The zero-order chi connectivity index (χ0) is 13.4. The maximum atomic E-state index is 6.38. The van der Waals surface area contributed by atoms with Gasteiger partial charge < -0.3 is 5.32 Å². The minimum Gasteiger partial charge on any atom is -0.312 e. The van der Waals surface area contributed by atoms with Gasteiger partial charge in [-0.05, 0) is 49.9 Å². The van der Waals surface area contributed by atoms with E-state index in [2.05, 4.69) is 45.2 Å². The summed E-state index contributed by atoms with van der Waals surface area (Å²) in [6.45, 7) is 5.80. The van der Waals surface area contributed by atoms with Gasteiger partial charge in [0.25, 0.3) is 0 Å². The zero-order valence-corrected chi connectivity index (χ0v) is 13.5. The second-order valence-corrected chi connectivity index (χ2v) is 7.08. The van der Waals surface area contributed by atoms with Gasteiger partial charge in [0.1, 0.15) is 0 Å². The summed E-state index contributed by atoms with van der Waals surface area (Å²) in [5.74, 6) is 0.824. The van der Waals surface area contributed by atoms with Gasteiger partial charge in [0.05, 0.1) is 0 Å². The van der Waals surface area contributed by atoms with E-state index >= 15 is 0 Å². The van der Waals surface area contributed by atoms with E-state index in [9.17, 15) is 0 Å². The second kappa shape index (κ2) is 5.72. The van der Waals surface area contributed by atoms with Crippen LogP contribution >= 0.6 is 27.5 Å². The molecule has 2 heterocycles. The molecule has 0 aromatic heterocycles. The van der Waals surface area contributed by atoms with Crippen molar-refractivity contribution in [2.75, 3.05) is 19.6 Å². The normalized spacial score (nSPS) is 29.2. The fraction of sp³-hybridized carbons (Fsp3) is 0.600. The standard InChI is InChI=1S/C15H20BrClN2/c1-10(13-5-4-12(16)7-14(13)17)19-8-11-3-2-6-18-15(11)9-19/h4-5,7,10-11,15,18H,2-3,6,8-9H2,1H3/t10?,11-,15+/m0/s1. The van der Waals surface area contributed by atoms with Crippen LogP contribution in [-0.2, 0) is 0 Å². The van der Waals surface area contributed by atoms with Crippen LogP contribution in [0.1, 0.15) is 31.4 Å². The van der Waals surface area contributed by atoms with Crippen LogP contribution in [0.4, 0.5) is 0 Å². The molecule has 3 atom stereocenters. The summed E-state index contributed by atoms with van der Waals surface area (Å²) in [7, 11) is 0. The molecule has 19 heavy (non-hydrogen) atoms. The number of nitrogens with one attached hydrogen (secondary N) is 1. The van der Waals surface area contributed by atoms with Crippen molar-refractivity contribution in [3.05, 3.63) is 33.3 Å². The van der Waals surface area contributed by atoms with E-state index in [4.69, 9.17) is 11.6 Å². The highest BCUT2D eigenvalue weighted by molar-refractivity contribution is 9.10. The van der Waals surface area contributed by atoms with E-state index in [1.807, 2.05) is 6.07 Å². The molecule has 0 aliphatic carbocycles. The van der Waals surface area contributed by atoms with Gasteiger partial charge in [0.15, 0.2) is 0 Å². The molecule has 2 aliphatic heterocycles. The molecule has 2 nitrogen and oxygen atoms in total. The maximum Gasteiger partial charge on any atom is 0.0464 e. The molecule has 4 heteroatoms. The first-order chi connectivity index (χ1) is 9.15. The van der Waals surface area contributed by atoms with Crippen LogP contribution in [0.15, 0.2) is 22.7 Å². The van der Waals surface area contributed by atoms with Crippen molar-refractivity contribution in [2.24, 2.45) is 5.92 Å². The van der Waals surface area contributed by atoms with Gasteiger partial charge in [0.2, 0.25) is 0 Å². The Kier molecular flexibility index (Phi) is 4.18. The Morgan fingerprint density at radius 1 is 1.42 bits per heavy atom. The van der Waals surface area contributed by atoms with Gasteiger partial charge in [-0.3, -0.25) is 4.90 Å². The van der Waals surface area contributed by atoms with E-state index in [0.717, 1.165) is 22.0 Å². The number of fused-ring (bicyclic) bond motifs is 1. The molecule has 2 aliphatic rings. The summed E-state index contributed by atoms with van der Waals surface area (Å²) in [4.78, 5) is 2.57. The predicted octanol–water partition coefficient (Wildman–Crippen LogP) is 3.85. The third-order valence-electron chi connectivity index (χ3n) is 4.59. The third kappa shape index (κ3) is 2.85. The highest BCUT2D eigenvalue weighted by Gasteiger charge is 2.36. The van der Waals surface area contributed by atoms with Crippen molar-refractivity contribution in [3.63, 3.8) is 0 Å². The molecular weight excluding hydrogens is 324 g/mol. The minimum atomic E-state index is 0.396. The van der Waals surface area contributed by atoms with Crippen molar-refractivity contribution in [1.29, 1.82) is 0 Å². The van der Waals surface area contributed by atoms with Crippen LogP contribution in [0.2, 0.25) is 5.02 Å². The number of halogens is 2. The average molecular weight is 344 g/mol. The fourth-order valence-corrected chi connectivity index (χ4v) is 4.26. The molecule has 1 unspecified atom stereocenters. The topological polar surface area (TPSA) is 15.3 Å². The molecule has 2 fully saturated rings. The quantitative estimate of drug-likeness (QED) is 0.877. The van der Waals surface area contributed by atoms with Crippen molar-refractivity contribution in [3.8, 4) is 0 Å². The fourth-order valence-electron chi connectivity index (χ4n) is 3.43. The lowest BCUT2D eigenvalue weighted by Crippen LogP contribution is -2.40. The lowest BCUT2D eigenvalue weighted by Gasteiger charge is -2.25. The second-order valence-electron chi connectivity index (χ2n) is 5.76. The Labute approximate surface area is 128 Å². The molecule has 0 amide bonds. The summed E-state index contributed by atoms with van der Waals surface area (Å²) in [6.07, 6.45) is 2.69. The van der Waals surface area contributed by atoms with Crippen LogP contribution in [0.3, 0.4) is 0 Å².